The molecule has 2 N–H and O–H groups in total. The number of carbonyl (C=O) groups is 2. The lowest BCUT2D eigenvalue weighted by Crippen LogP contribution is -2.51. The van der Waals surface area contributed by atoms with Crippen LogP contribution in [0.15, 0.2) is 12.7 Å². The molecule has 3 amide bonds. The molecule has 0 aromatic carbocycles. The van der Waals surface area contributed by atoms with Crippen molar-refractivity contribution in [3.8, 4) is 0 Å². The van der Waals surface area contributed by atoms with Crippen LogP contribution in [0.25, 0.3) is 0 Å². The second kappa shape index (κ2) is 5.34. The zero-order chi connectivity index (χ0) is 15.0. The molecule has 2 aliphatic heterocycles. The van der Waals surface area contributed by atoms with Crippen molar-refractivity contribution in [2.75, 3.05) is 13.1 Å². The van der Waals surface area contributed by atoms with Gasteiger partial charge in [0, 0.05) is 26.1 Å². The minimum Gasteiger partial charge on any atom is -0.351 e. The maximum absolute atomic E-state index is 12.0. The SMILES string of the molecule is CC(=O)N1[C@@H](Cn2cncn2)C[C@H]2CN(C(N)=O)CC[C@H]21. The Labute approximate surface area is 122 Å². The number of nitrogens with two attached hydrogens (primary N) is 1. The number of likely N-dealkylation sites (tertiary alicyclic amines) is 2. The summed E-state index contributed by atoms with van der Waals surface area (Å²) in [6.07, 6.45) is 4.82. The van der Waals surface area contributed by atoms with Crippen molar-refractivity contribution in [1.29, 1.82) is 0 Å². The predicted octanol–water partition coefficient (Wildman–Crippen LogP) is -0.332. The van der Waals surface area contributed by atoms with E-state index in [2.05, 4.69) is 10.1 Å². The van der Waals surface area contributed by atoms with Crippen molar-refractivity contribution in [1.82, 2.24) is 24.6 Å². The summed E-state index contributed by atoms with van der Waals surface area (Å²) in [5, 5.41) is 4.12. The van der Waals surface area contributed by atoms with E-state index in [0.717, 1.165) is 12.8 Å². The number of primary amides is 1. The van der Waals surface area contributed by atoms with Gasteiger partial charge in [-0.2, -0.15) is 5.10 Å². The number of fused-ring (bicyclic) bond motifs is 1. The van der Waals surface area contributed by atoms with E-state index in [1.165, 1.54) is 6.33 Å². The van der Waals surface area contributed by atoms with Gasteiger partial charge < -0.3 is 15.5 Å². The first-order valence-electron chi connectivity index (χ1n) is 7.22. The molecule has 1 aromatic heterocycles. The number of piperidine rings is 1. The van der Waals surface area contributed by atoms with Crippen LogP contribution in [0, 0.1) is 5.92 Å². The van der Waals surface area contributed by atoms with Crippen LogP contribution in [0.3, 0.4) is 0 Å². The molecule has 1 aromatic rings. The first kappa shape index (κ1) is 13.8. The number of carbonyl (C=O) groups excluding carboxylic acids is 2. The van der Waals surface area contributed by atoms with Crippen LogP contribution in [0.1, 0.15) is 19.8 Å². The van der Waals surface area contributed by atoms with Gasteiger partial charge >= 0.3 is 6.03 Å². The van der Waals surface area contributed by atoms with Crippen LogP contribution >= 0.6 is 0 Å². The first-order valence-corrected chi connectivity index (χ1v) is 7.22. The highest BCUT2D eigenvalue weighted by atomic mass is 16.2. The van der Waals surface area contributed by atoms with Crippen molar-refractivity contribution < 1.29 is 9.59 Å². The molecule has 3 atom stereocenters. The molecule has 0 saturated carbocycles. The number of hydrogen-bond donors (Lipinski definition) is 1. The van der Waals surface area contributed by atoms with Crippen LogP contribution in [-0.2, 0) is 11.3 Å². The molecule has 0 aliphatic carbocycles. The molecule has 2 saturated heterocycles. The zero-order valence-electron chi connectivity index (χ0n) is 12.1. The van der Waals surface area contributed by atoms with Crippen molar-refractivity contribution >= 4 is 11.9 Å². The molecule has 2 fully saturated rings. The minimum absolute atomic E-state index is 0.0835. The third-order valence-electron chi connectivity index (χ3n) is 4.56. The van der Waals surface area contributed by atoms with E-state index in [4.69, 9.17) is 5.73 Å². The maximum Gasteiger partial charge on any atom is 0.314 e. The fraction of sp³-hybridized carbons (Fsp3) is 0.692. The summed E-state index contributed by atoms with van der Waals surface area (Å²) in [4.78, 5) is 31.0. The second-order valence-corrected chi connectivity index (χ2v) is 5.83. The number of nitrogens with zero attached hydrogens (tertiary/aromatic N) is 5. The third-order valence-corrected chi connectivity index (χ3v) is 4.56. The number of rotatable bonds is 2. The van der Waals surface area contributed by atoms with Crippen molar-refractivity contribution in [3.05, 3.63) is 12.7 Å². The van der Waals surface area contributed by atoms with E-state index in [-0.39, 0.29) is 24.0 Å². The predicted molar refractivity (Wildman–Crippen MR) is 74.0 cm³/mol. The molecule has 114 valence electrons. The van der Waals surface area contributed by atoms with Crippen LogP contribution in [0.4, 0.5) is 4.79 Å². The number of aromatic nitrogens is 3. The smallest absolute Gasteiger partial charge is 0.314 e. The average molecular weight is 292 g/mol. The largest absolute Gasteiger partial charge is 0.351 e. The van der Waals surface area contributed by atoms with Gasteiger partial charge in [-0.25, -0.2) is 9.78 Å². The lowest BCUT2D eigenvalue weighted by atomic mass is 9.92. The van der Waals surface area contributed by atoms with E-state index in [0.29, 0.717) is 25.6 Å². The highest BCUT2D eigenvalue weighted by Crippen LogP contribution is 2.36. The Morgan fingerprint density at radius 1 is 1.43 bits per heavy atom. The van der Waals surface area contributed by atoms with E-state index in [9.17, 15) is 9.59 Å². The molecule has 8 nitrogen and oxygen atoms in total. The van der Waals surface area contributed by atoms with Gasteiger partial charge in [0.15, 0.2) is 0 Å². The van der Waals surface area contributed by atoms with Gasteiger partial charge in [-0.1, -0.05) is 0 Å². The molecule has 0 radical (unpaired) electrons. The van der Waals surface area contributed by atoms with E-state index in [1.807, 2.05) is 4.90 Å². The van der Waals surface area contributed by atoms with Crippen LogP contribution in [0.5, 0.6) is 0 Å². The van der Waals surface area contributed by atoms with Gasteiger partial charge in [0.1, 0.15) is 12.7 Å². The molecular weight excluding hydrogens is 272 g/mol. The molecular formula is C13H20N6O2. The van der Waals surface area contributed by atoms with Crippen molar-refractivity contribution in [3.63, 3.8) is 0 Å². The monoisotopic (exact) mass is 292 g/mol. The minimum atomic E-state index is -0.373. The number of hydrogen-bond acceptors (Lipinski definition) is 4. The Balaban J connectivity index is 1.76. The lowest BCUT2D eigenvalue weighted by Gasteiger charge is -2.37. The molecule has 8 heteroatoms. The summed E-state index contributed by atoms with van der Waals surface area (Å²) >= 11 is 0. The second-order valence-electron chi connectivity index (χ2n) is 5.83. The van der Waals surface area contributed by atoms with E-state index >= 15 is 0 Å². The number of amides is 3. The quantitative estimate of drug-likeness (QED) is 0.807. The normalized spacial score (nSPS) is 28.5. The fourth-order valence-corrected chi connectivity index (χ4v) is 3.75. The highest BCUT2D eigenvalue weighted by molar-refractivity contribution is 5.75. The summed E-state index contributed by atoms with van der Waals surface area (Å²) in [5.41, 5.74) is 5.37. The van der Waals surface area contributed by atoms with Crippen LogP contribution in [0.2, 0.25) is 0 Å². The van der Waals surface area contributed by atoms with Gasteiger partial charge in [-0.15, -0.1) is 0 Å². The number of urea groups is 1. The molecule has 2 aliphatic rings. The Bertz CT molecular complexity index is 531. The lowest BCUT2D eigenvalue weighted by molar-refractivity contribution is -0.132. The first-order chi connectivity index (χ1) is 10.1. The molecule has 3 heterocycles. The Morgan fingerprint density at radius 3 is 2.86 bits per heavy atom. The van der Waals surface area contributed by atoms with Gasteiger partial charge in [0.2, 0.25) is 5.91 Å². The van der Waals surface area contributed by atoms with Crippen molar-refractivity contribution in [2.24, 2.45) is 11.7 Å². The fourth-order valence-electron chi connectivity index (χ4n) is 3.75. The third kappa shape index (κ3) is 2.57. The molecule has 0 unspecified atom stereocenters. The average Bonchev–Trinajstić information content (AvgIpc) is 3.04. The Hall–Kier alpha value is -2.12. The Kier molecular flexibility index (Phi) is 3.52. The highest BCUT2D eigenvalue weighted by Gasteiger charge is 2.45. The molecule has 0 bridgehead atoms. The molecule has 0 spiro atoms. The van der Waals surface area contributed by atoms with E-state index in [1.54, 1.807) is 22.8 Å². The van der Waals surface area contributed by atoms with E-state index < -0.39 is 0 Å². The summed E-state index contributed by atoms with van der Waals surface area (Å²) in [6.45, 7) is 3.51. The Morgan fingerprint density at radius 2 is 2.24 bits per heavy atom. The van der Waals surface area contributed by atoms with Gasteiger partial charge in [0.05, 0.1) is 12.6 Å². The summed E-state index contributed by atoms with van der Waals surface area (Å²) in [6, 6.07) is -0.0683. The van der Waals surface area contributed by atoms with Crippen LogP contribution in [-0.4, -0.2) is 61.7 Å². The standard InChI is InChI=1S/C13H20N6O2/c1-9(20)19-11(6-18-8-15-7-16-18)4-10-5-17(13(14)21)3-2-12(10)19/h7-8,10-12H,2-6H2,1H3,(H2,14,21)/t10-,11+,12+/m0/s1. The van der Waals surface area contributed by atoms with Gasteiger partial charge in [-0.3, -0.25) is 9.48 Å². The van der Waals surface area contributed by atoms with Crippen LogP contribution < -0.4 is 5.73 Å². The van der Waals surface area contributed by atoms with Gasteiger partial charge in [0.25, 0.3) is 0 Å². The van der Waals surface area contributed by atoms with Crippen molar-refractivity contribution in [2.45, 2.75) is 38.4 Å². The zero-order valence-corrected chi connectivity index (χ0v) is 12.1. The summed E-state index contributed by atoms with van der Waals surface area (Å²) < 4.78 is 1.75. The van der Waals surface area contributed by atoms with Gasteiger partial charge in [-0.05, 0) is 18.8 Å². The maximum atomic E-state index is 12.0. The summed E-state index contributed by atoms with van der Waals surface area (Å²) in [7, 11) is 0. The molecule has 21 heavy (non-hydrogen) atoms. The molecule has 3 rings (SSSR count). The topological polar surface area (TPSA) is 97.3 Å². The summed E-state index contributed by atoms with van der Waals surface area (Å²) in [5.74, 6) is 0.379.